The van der Waals surface area contributed by atoms with E-state index < -0.39 is 0 Å². The summed E-state index contributed by atoms with van der Waals surface area (Å²) in [6, 6.07) is 62.9. The largest absolute Gasteiger partial charge is 0.236 e. The SMILES string of the molecule is CC1(C)c2ccccc2-c2ccc(-c3cccc(-c4cc(-c5cccc(-c6nc7sc8ccccc8c7c7ccccc67)c5)nc(-c5ccccc5)n4)c3)cc21. The van der Waals surface area contributed by atoms with Gasteiger partial charge in [0.2, 0.25) is 0 Å². The van der Waals surface area contributed by atoms with Crippen LogP contribution in [0.5, 0.6) is 0 Å². The van der Waals surface area contributed by atoms with E-state index in [1.165, 1.54) is 48.7 Å². The van der Waals surface area contributed by atoms with Crippen molar-refractivity contribution in [1.82, 2.24) is 15.0 Å². The summed E-state index contributed by atoms with van der Waals surface area (Å²) in [6.45, 7) is 4.67. The van der Waals surface area contributed by atoms with Gasteiger partial charge in [0.1, 0.15) is 4.83 Å². The lowest BCUT2D eigenvalue weighted by molar-refractivity contribution is 0.660. The van der Waals surface area contributed by atoms with Crippen molar-refractivity contribution in [2.45, 2.75) is 19.3 Å². The Hall–Kier alpha value is -6.75. The van der Waals surface area contributed by atoms with Crippen molar-refractivity contribution in [2.75, 3.05) is 0 Å². The molecular weight excluding hydrogens is 699 g/mol. The van der Waals surface area contributed by atoms with Crippen LogP contribution in [0.3, 0.4) is 0 Å². The normalized spacial score (nSPS) is 13.0. The predicted octanol–water partition coefficient (Wildman–Crippen LogP) is 14.0. The number of aromatic nitrogens is 3. The van der Waals surface area contributed by atoms with E-state index in [-0.39, 0.29) is 5.41 Å². The fourth-order valence-electron chi connectivity index (χ4n) is 8.69. The van der Waals surface area contributed by atoms with Crippen LogP contribution in [0.15, 0.2) is 176 Å². The van der Waals surface area contributed by atoms with Gasteiger partial charge in [0.05, 0.1) is 17.1 Å². The molecule has 7 aromatic carbocycles. The van der Waals surface area contributed by atoms with E-state index in [0.29, 0.717) is 5.82 Å². The van der Waals surface area contributed by atoms with Gasteiger partial charge in [-0.1, -0.05) is 159 Å². The summed E-state index contributed by atoms with van der Waals surface area (Å²) in [5.41, 5.74) is 14.5. The van der Waals surface area contributed by atoms with Crippen LogP contribution in [0.2, 0.25) is 0 Å². The second-order valence-corrected chi connectivity index (χ2v) is 16.2. The molecule has 3 aromatic heterocycles. The monoisotopic (exact) mass is 733 g/mol. The van der Waals surface area contributed by atoms with Crippen molar-refractivity contribution < 1.29 is 0 Å². The minimum absolute atomic E-state index is 0.0638. The maximum atomic E-state index is 5.34. The lowest BCUT2D eigenvalue weighted by atomic mass is 9.81. The van der Waals surface area contributed by atoms with Crippen LogP contribution in [0, 0.1) is 0 Å². The van der Waals surface area contributed by atoms with E-state index in [1.807, 2.05) is 18.2 Å². The summed E-state index contributed by atoms with van der Waals surface area (Å²) in [5, 5.41) is 4.85. The Labute approximate surface area is 329 Å². The predicted molar refractivity (Wildman–Crippen MR) is 235 cm³/mol. The molecule has 264 valence electrons. The number of benzene rings is 7. The molecule has 0 saturated carbocycles. The van der Waals surface area contributed by atoms with Crippen molar-refractivity contribution in [3.8, 4) is 67.4 Å². The fraction of sp³-hybridized carbons (Fsp3) is 0.0577. The van der Waals surface area contributed by atoms with Gasteiger partial charge in [0, 0.05) is 48.5 Å². The molecule has 0 N–H and O–H groups in total. The Bertz CT molecular complexity index is 3180. The molecule has 56 heavy (non-hydrogen) atoms. The van der Waals surface area contributed by atoms with Gasteiger partial charge in [-0.3, -0.25) is 0 Å². The van der Waals surface area contributed by atoms with Crippen molar-refractivity contribution >= 4 is 42.4 Å². The van der Waals surface area contributed by atoms with Gasteiger partial charge in [-0.25, -0.2) is 15.0 Å². The van der Waals surface area contributed by atoms with Gasteiger partial charge in [0.15, 0.2) is 5.82 Å². The molecule has 0 bridgehead atoms. The Kier molecular flexibility index (Phi) is 7.38. The first-order chi connectivity index (χ1) is 27.5. The molecule has 0 saturated heterocycles. The zero-order valence-corrected chi connectivity index (χ0v) is 31.8. The molecule has 0 radical (unpaired) electrons. The fourth-order valence-corrected chi connectivity index (χ4v) is 9.78. The summed E-state index contributed by atoms with van der Waals surface area (Å²) in [4.78, 5) is 16.8. The first kappa shape index (κ1) is 32.7. The summed E-state index contributed by atoms with van der Waals surface area (Å²) >= 11 is 1.76. The van der Waals surface area contributed by atoms with Gasteiger partial charge < -0.3 is 0 Å². The highest BCUT2D eigenvalue weighted by molar-refractivity contribution is 7.25. The quantitative estimate of drug-likeness (QED) is 0.177. The third kappa shape index (κ3) is 5.21. The van der Waals surface area contributed by atoms with Crippen LogP contribution in [0.1, 0.15) is 25.0 Å². The third-order valence-electron chi connectivity index (χ3n) is 11.5. The first-order valence-electron chi connectivity index (χ1n) is 19.1. The van der Waals surface area contributed by atoms with Crippen LogP contribution in [0.4, 0.5) is 0 Å². The molecule has 11 rings (SSSR count). The van der Waals surface area contributed by atoms with Crippen LogP contribution in [-0.4, -0.2) is 15.0 Å². The van der Waals surface area contributed by atoms with Crippen molar-refractivity contribution in [3.05, 3.63) is 187 Å². The van der Waals surface area contributed by atoms with E-state index in [9.17, 15) is 0 Å². The lowest BCUT2D eigenvalue weighted by Gasteiger charge is -2.22. The molecule has 0 unspecified atom stereocenters. The molecule has 0 amide bonds. The zero-order chi connectivity index (χ0) is 37.4. The summed E-state index contributed by atoms with van der Waals surface area (Å²) < 4.78 is 1.25. The Balaban J connectivity index is 1.04. The first-order valence-corrected chi connectivity index (χ1v) is 19.9. The Morgan fingerprint density at radius 3 is 1.80 bits per heavy atom. The van der Waals surface area contributed by atoms with E-state index in [4.69, 9.17) is 15.0 Å². The van der Waals surface area contributed by atoms with Gasteiger partial charge in [-0.2, -0.15) is 0 Å². The highest BCUT2D eigenvalue weighted by Crippen LogP contribution is 2.49. The van der Waals surface area contributed by atoms with Crippen molar-refractivity contribution in [2.24, 2.45) is 0 Å². The molecule has 3 heterocycles. The van der Waals surface area contributed by atoms with Gasteiger partial charge in [-0.05, 0) is 69.1 Å². The molecule has 0 spiro atoms. The number of hydrogen-bond acceptors (Lipinski definition) is 4. The maximum Gasteiger partial charge on any atom is 0.160 e. The number of hydrogen-bond donors (Lipinski definition) is 0. The number of fused-ring (bicyclic) bond motifs is 8. The topological polar surface area (TPSA) is 38.7 Å². The molecule has 0 fully saturated rings. The smallest absolute Gasteiger partial charge is 0.160 e. The second-order valence-electron chi connectivity index (χ2n) is 15.2. The molecule has 1 aliphatic carbocycles. The number of thiophene rings is 1. The average Bonchev–Trinajstić information content (AvgIpc) is 3.75. The van der Waals surface area contributed by atoms with Gasteiger partial charge in [0.25, 0.3) is 0 Å². The zero-order valence-electron chi connectivity index (χ0n) is 31.0. The summed E-state index contributed by atoms with van der Waals surface area (Å²) in [5.74, 6) is 0.696. The summed E-state index contributed by atoms with van der Waals surface area (Å²) in [7, 11) is 0. The van der Waals surface area contributed by atoms with Crippen molar-refractivity contribution in [1.29, 1.82) is 0 Å². The van der Waals surface area contributed by atoms with Crippen LogP contribution in [-0.2, 0) is 5.41 Å². The van der Waals surface area contributed by atoms with Gasteiger partial charge >= 0.3 is 0 Å². The van der Waals surface area contributed by atoms with E-state index in [1.54, 1.807) is 11.3 Å². The standard InChI is InChI=1S/C52H35N3S/c1-52(2)43-24-10-8-20-38(43)39-27-26-34(30-44(39)52)33-16-12-17-35(28-33)45-31-46(54-50(53-45)32-14-4-3-5-15-32)36-18-13-19-37(29-36)49-41-22-7-6-21-40(41)48-42-23-9-11-25-47(42)56-51(48)55-49/h3-31H,1-2H3. The van der Waals surface area contributed by atoms with E-state index >= 15 is 0 Å². The van der Waals surface area contributed by atoms with Crippen molar-refractivity contribution in [3.63, 3.8) is 0 Å². The number of pyridine rings is 1. The molecule has 0 atom stereocenters. The number of rotatable bonds is 5. The average molecular weight is 734 g/mol. The van der Waals surface area contributed by atoms with Crippen LogP contribution in [0.25, 0.3) is 98.5 Å². The lowest BCUT2D eigenvalue weighted by Crippen LogP contribution is -2.14. The Morgan fingerprint density at radius 2 is 1.00 bits per heavy atom. The highest BCUT2D eigenvalue weighted by atomic mass is 32.1. The Morgan fingerprint density at radius 1 is 0.411 bits per heavy atom. The van der Waals surface area contributed by atoms with E-state index in [2.05, 4.69) is 172 Å². The molecular formula is C52H35N3S. The maximum absolute atomic E-state index is 5.34. The minimum atomic E-state index is -0.0638. The van der Waals surface area contributed by atoms with Crippen LogP contribution >= 0.6 is 11.3 Å². The molecule has 4 heteroatoms. The highest BCUT2D eigenvalue weighted by Gasteiger charge is 2.35. The second kappa shape index (κ2) is 12.7. The molecule has 3 nitrogen and oxygen atoms in total. The molecule has 1 aliphatic rings. The minimum Gasteiger partial charge on any atom is -0.236 e. The summed E-state index contributed by atoms with van der Waals surface area (Å²) in [6.07, 6.45) is 0. The van der Waals surface area contributed by atoms with E-state index in [0.717, 1.165) is 55.1 Å². The van der Waals surface area contributed by atoms with Gasteiger partial charge in [-0.15, -0.1) is 11.3 Å². The van der Waals surface area contributed by atoms with Crippen LogP contribution < -0.4 is 0 Å². The third-order valence-corrected chi connectivity index (χ3v) is 12.6. The molecule has 10 aromatic rings. The molecule has 0 aliphatic heterocycles. The number of nitrogens with zero attached hydrogens (tertiary/aromatic N) is 3.